The fraction of sp³-hybridized carbons (Fsp3) is 0.400. The number of aromatic nitrogens is 1. The number of benzene rings is 1. The van der Waals surface area contributed by atoms with Gasteiger partial charge in [0.1, 0.15) is 11.6 Å². The van der Waals surface area contributed by atoms with Gasteiger partial charge in [-0.2, -0.15) is 0 Å². The van der Waals surface area contributed by atoms with Crippen LogP contribution in [0.2, 0.25) is 0 Å². The van der Waals surface area contributed by atoms with E-state index < -0.39 is 11.6 Å². The van der Waals surface area contributed by atoms with Crippen molar-refractivity contribution in [2.75, 3.05) is 0 Å². The molecule has 1 heterocycles. The fourth-order valence-electron chi connectivity index (χ4n) is 2.09. The zero-order valence-corrected chi connectivity index (χ0v) is 12.7. The molecule has 20 heavy (non-hydrogen) atoms. The van der Waals surface area contributed by atoms with Gasteiger partial charge in [-0.1, -0.05) is 20.8 Å². The summed E-state index contributed by atoms with van der Waals surface area (Å²) in [5.74, 6) is -1.13. The molecule has 5 heteroatoms. The predicted molar refractivity (Wildman–Crippen MR) is 77.9 cm³/mol. The van der Waals surface area contributed by atoms with Crippen LogP contribution in [0.4, 0.5) is 8.78 Å². The van der Waals surface area contributed by atoms with E-state index >= 15 is 0 Å². The lowest BCUT2D eigenvalue weighted by molar-refractivity contribution is 0.564. The first-order valence-corrected chi connectivity index (χ1v) is 7.25. The minimum absolute atomic E-state index is 0.0867. The summed E-state index contributed by atoms with van der Waals surface area (Å²) in [6.45, 7) is 6.66. The van der Waals surface area contributed by atoms with Crippen molar-refractivity contribution in [1.29, 1.82) is 0 Å². The van der Waals surface area contributed by atoms with Crippen LogP contribution in [-0.4, -0.2) is 4.98 Å². The van der Waals surface area contributed by atoms with Crippen molar-refractivity contribution in [3.8, 4) is 0 Å². The number of halogens is 2. The second-order valence-electron chi connectivity index (χ2n) is 5.79. The number of thiazole rings is 1. The summed E-state index contributed by atoms with van der Waals surface area (Å²) in [6.07, 6.45) is 0.419. The number of hydrogen-bond donors (Lipinski definition) is 1. The Morgan fingerprint density at radius 2 is 1.75 bits per heavy atom. The van der Waals surface area contributed by atoms with Gasteiger partial charge < -0.3 is 5.73 Å². The van der Waals surface area contributed by atoms with Gasteiger partial charge in [-0.25, -0.2) is 13.8 Å². The molecule has 0 amide bonds. The van der Waals surface area contributed by atoms with Crippen LogP contribution in [-0.2, 0) is 18.4 Å². The molecule has 0 saturated carbocycles. The summed E-state index contributed by atoms with van der Waals surface area (Å²) in [5.41, 5.74) is 7.22. The maximum absolute atomic E-state index is 13.2. The highest BCUT2D eigenvalue weighted by Crippen LogP contribution is 2.30. The summed E-state index contributed by atoms with van der Waals surface area (Å²) >= 11 is 1.51. The maximum Gasteiger partial charge on any atom is 0.126 e. The van der Waals surface area contributed by atoms with Gasteiger partial charge in [0.2, 0.25) is 0 Å². The van der Waals surface area contributed by atoms with E-state index in [0.29, 0.717) is 18.5 Å². The minimum atomic E-state index is -0.563. The lowest BCUT2D eigenvalue weighted by Crippen LogP contribution is -2.15. The van der Waals surface area contributed by atoms with E-state index in [-0.39, 0.29) is 5.41 Å². The Morgan fingerprint density at radius 3 is 2.20 bits per heavy atom. The van der Waals surface area contributed by atoms with E-state index in [0.717, 1.165) is 21.6 Å². The highest BCUT2D eigenvalue weighted by Gasteiger charge is 2.22. The summed E-state index contributed by atoms with van der Waals surface area (Å²) in [7, 11) is 0. The van der Waals surface area contributed by atoms with Crippen molar-refractivity contribution >= 4 is 11.3 Å². The maximum atomic E-state index is 13.2. The largest absolute Gasteiger partial charge is 0.326 e. The molecule has 1 aromatic heterocycles. The molecule has 2 N–H and O–H groups in total. The van der Waals surface area contributed by atoms with Gasteiger partial charge >= 0.3 is 0 Å². The molecule has 0 aliphatic heterocycles. The summed E-state index contributed by atoms with van der Waals surface area (Å²) in [6, 6.07) is 3.55. The molecular formula is C15H18F2N2S. The Labute approximate surface area is 121 Å². The molecule has 2 nitrogen and oxygen atoms in total. The Kier molecular flexibility index (Phi) is 4.20. The van der Waals surface area contributed by atoms with Gasteiger partial charge in [0.25, 0.3) is 0 Å². The van der Waals surface area contributed by atoms with Crippen LogP contribution in [0.1, 0.15) is 41.9 Å². The fourth-order valence-corrected chi connectivity index (χ4v) is 3.28. The van der Waals surface area contributed by atoms with Crippen molar-refractivity contribution in [3.63, 3.8) is 0 Å². The zero-order valence-electron chi connectivity index (χ0n) is 11.8. The number of rotatable bonds is 3. The lowest BCUT2D eigenvalue weighted by Gasteiger charge is -2.16. The second kappa shape index (κ2) is 5.58. The Hall–Kier alpha value is -1.33. The first-order valence-electron chi connectivity index (χ1n) is 6.43. The topological polar surface area (TPSA) is 38.9 Å². The average Bonchev–Trinajstić information content (AvgIpc) is 2.70. The molecule has 0 atom stereocenters. The van der Waals surface area contributed by atoms with Crippen LogP contribution in [0.5, 0.6) is 0 Å². The normalized spacial score (nSPS) is 11.9. The molecular weight excluding hydrogens is 278 g/mol. The van der Waals surface area contributed by atoms with Crippen LogP contribution < -0.4 is 5.73 Å². The van der Waals surface area contributed by atoms with Crippen molar-refractivity contribution < 1.29 is 8.78 Å². The molecule has 0 aliphatic rings. The highest BCUT2D eigenvalue weighted by atomic mass is 32.1. The minimum Gasteiger partial charge on any atom is -0.326 e. The molecule has 2 aromatic rings. The standard InChI is InChI=1S/C15H18F2N2S/c1-15(2,3)14-12(8-18)20-13(19-14)6-9-4-10(16)7-11(17)5-9/h4-5,7H,6,8,18H2,1-3H3. The van der Waals surface area contributed by atoms with Crippen molar-refractivity contribution in [2.24, 2.45) is 5.73 Å². The van der Waals surface area contributed by atoms with Gasteiger partial charge in [0.05, 0.1) is 10.7 Å². The predicted octanol–water partition coefficient (Wildman–Crippen LogP) is 3.77. The first-order chi connectivity index (χ1) is 9.29. The molecule has 108 valence electrons. The molecule has 0 saturated heterocycles. The van der Waals surface area contributed by atoms with Crippen LogP contribution in [0, 0.1) is 11.6 Å². The van der Waals surface area contributed by atoms with Gasteiger partial charge in [0, 0.05) is 29.3 Å². The molecule has 0 unspecified atom stereocenters. The molecule has 2 rings (SSSR count). The van der Waals surface area contributed by atoms with Gasteiger partial charge in [-0.05, 0) is 17.7 Å². The van der Waals surface area contributed by atoms with Crippen LogP contribution in [0.15, 0.2) is 18.2 Å². The molecule has 0 radical (unpaired) electrons. The molecule has 0 bridgehead atoms. The van der Waals surface area contributed by atoms with Gasteiger partial charge in [0.15, 0.2) is 0 Å². The summed E-state index contributed by atoms with van der Waals surface area (Å²) in [5, 5.41) is 0.834. The van der Waals surface area contributed by atoms with Crippen LogP contribution in [0.25, 0.3) is 0 Å². The highest BCUT2D eigenvalue weighted by molar-refractivity contribution is 7.11. The summed E-state index contributed by atoms with van der Waals surface area (Å²) in [4.78, 5) is 5.63. The third-order valence-corrected chi connectivity index (χ3v) is 3.99. The van der Waals surface area contributed by atoms with Crippen LogP contribution in [0.3, 0.4) is 0 Å². The van der Waals surface area contributed by atoms with Crippen LogP contribution >= 0.6 is 11.3 Å². The van der Waals surface area contributed by atoms with Crippen molar-refractivity contribution in [3.05, 3.63) is 51.0 Å². The van der Waals surface area contributed by atoms with E-state index in [9.17, 15) is 8.78 Å². The molecule has 0 spiro atoms. The Balaban J connectivity index is 2.32. The monoisotopic (exact) mass is 296 g/mol. The third kappa shape index (κ3) is 3.41. The number of hydrogen-bond acceptors (Lipinski definition) is 3. The number of nitrogens with zero attached hydrogens (tertiary/aromatic N) is 1. The molecule has 0 aliphatic carbocycles. The molecule has 0 fully saturated rings. The van der Waals surface area contributed by atoms with Crippen molar-refractivity contribution in [2.45, 2.75) is 39.2 Å². The smallest absolute Gasteiger partial charge is 0.126 e. The number of nitrogens with two attached hydrogens (primary N) is 1. The third-order valence-electron chi connectivity index (χ3n) is 2.92. The SMILES string of the molecule is CC(C)(C)c1nc(Cc2cc(F)cc(F)c2)sc1CN. The molecule has 1 aromatic carbocycles. The van der Waals surface area contributed by atoms with E-state index in [2.05, 4.69) is 25.8 Å². The first kappa shape index (κ1) is 15.1. The summed E-state index contributed by atoms with van der Waals surface area (Å²) < 4.78 is 26.4. The van der Waals surface area contributed by atoms with Gasteiger partial charge in [-0.3, -0.25) is 0 Å². The zero-order chi connectivity index (χ0) is 14.9. The van der Waals surface area contributed by atoms with E-state index in [1.165, 1.54) is 23.5 Å². The Bertz CT molecular complexity index is 595. The Morgan fingerprint density at radius 1 is 1.15 bits per heavy atom. The van der Waals surface area contributed by atoms with E-state index in [4.69, 9.17) is 5.73 Å². The van der Waals surface area contributed by atoms with Gasteiger partial charge in [-0.15, -0.1) is 11.3 Å². The lowest BCUT2D eigenvalue weighted by atomic mass is 9.91. The second-order valence-corrected chi connectivity index (χ2v) is 6.96. The van der Waals surface area contributed by atoms with Crippen molar-refractivity contribution in [1.82, 2.24) is 4.98 Å². The quantitative estimate of drug-likeness (QED) is 0.936. The average molecular weight is 296 g/mol. The van der Waals surface area contributed by atoms with E-state index in [1.807, 2.05) is 0 Å². The van der Waals surface area contributed by atoms with E-state index in [1.54, 1.807) is 0 Å².